The molecule has 0 aliphatic carbocycles. The van der Waals surface area contributed by atoms with Crippen LogP contribution in [0.3, 0.4) is 0 Å². The van der Waals surface area contributed by atoms with E-state index < -0.39 is 0 Å². The van der Waals surface area contributed by atoms with Gasteiger partial charge in [0.1, 0.15) is 0 Å². The number of piperazine rings is 1. The molecular weight excluding hydrogens is 348 g/mol. The van der Waals surface area contributed by atoms with Crippen molar-refractivity contribution in [1.82, 2.24) is 20.2 Å². The third-order valence-electron chi connectivity index (χ3n) is 5.21. The Kier molecular flexibility index (Phi) is 6.85. The van der Waals surface area contributed by atoms with Gasteiger partial charge in [-0.2, -0.15) is 0 Å². The van der Waals surface area contributed by atoms with Crippen molar-refractivity contribution in [3.05, 3.63) is 52.8 Å². The molecule has 2 heterocycles. The van der Waals surface area contributed by atoms with E-state index >= 15 is 0 Å². The van der Waals surface area contributed by atoms with Crippen LogP contribution in [-0.4, -0.2) is 60.1 Å². The van der Waals surface area contributed by atoms with Crippen molar-refractivity contribution in [2.75, 3.05) is 44.2 Å². The molecule has 1 fully saturated rings. The molecule has 150 valence electrons. The van der Waals surface area contributed by atoms with Gasteiger partial charge in [-0.1, -0.05) is 17.7 Å². The van der Waals surface area contributed by atoms with E-state index in [1.807, 2.05) is 6.07 Å². The molecule has 1 saturated heterocycles. The Balaban J connectivity index is 1.61. The molecule has 1 aliphatic rings. The molecule has 0 unspecified atom stereocenters. The van der Waals surface area contributed by atoms with Gasteiger partial charge in [0.25, 0.3) is 0 Å². The van der Waals surface area contributed by atoms with Gasteiger partial charge in [0, 0.05) is 51.7 Å². The first-order valence-corrected chi connectivity index (χ1v) is 10.2. The molecule has 2 aromatic rings. The summed E-state index contributed by atoms with van der Waals surface area (Å²) in [6, 6.07) is 6.39. The van der Waals surface area contributed by atoms with Crippen LogP contribution in [0, 0.1) is 20.8 Å². The van der Waals surface area contributed by atoms with Gasteiger partial charge < -0.3 is 15.1 Å². The van der Waals surface area contributed by atoms with E-state index in [1.165, 1.54) is 22.3 Å². The van der Waals surface area contributed by atoms with Crippen LogP contribution in [0.5, 0.6) is 0 Å². The molecule has 28 heavy (non-hydrogen) atoms. The summed E-state index contributed by atoms with van der Waals surface area (Å²) in [5, 5.41) is 3.46. The van der Waals surface area contributed by atoms with Crippen molar-refractivity contribution >= 4 is 11.9 Å². The molecule has 6 heteroatoms. The fourth-order valence-electron chi connectivity index (χ4n) is 3.88. The lowest BCUT2D eigenvalue weighted by Gasteiger charge is -2.36. The number of hydrogen-bond donors (Lipinski definition) is 1. The molecule has 3 rings (SSSR count). The third kappa shape index (κ3) is 5.00. The third-order valence-corrected chi connectivity index (χ3v) is 5.21. The van der Waals surface area contributed by atoms with Crippen LogP contribution in [0.4, 0.5) is 5.95 Å². The summed E-state index contributed by atoms with van der Waals surface area (Å²) in [6.45, 7) is 14.0. The zero-order valence-corrected chi connectivity index (χ0v) is 17.6. The first-order chi connectivity index (χ1) is 13.6. The lowest BCUT2D eigenvalue weighted by molar-refractivity contribution is 0.370. The quantitative estimate of drug-likeness (QED) is 0.638. The van der Waals surface area contributed by atoms with E-state index in [0.29, 0.717) is 0 Å². The number of hydrogen-bond acceptors (Lipinski definition) is 4. The Morgan fingerprint density at radius 3 is 2.29 bits per heavy atom. The first kappa shape index (κ1) is 20.1. The zero-order valence-electron chi connectivity index (χ0n) is 17.6. The number of aryl methyl sites for hydroxylation is 3. The molecule has 0 atom stereocenters. The van der Waals surface area contributed by atoms with E-state index in [2.05, 4.69) is 64.9 Å². The van der Waals surface area contributed by atoms with Gasteiger partial charge in [-0.3, -0.25) is 4.99 Å². The molecule has 1 N–H and O–H groups in total. The van der Waals surface area contributed by atoms with Crippen LogP contribution in [0.1, 0.15) is 29.2 Å². The standard InChI is InChI=1S/C22H32N6/c1-5-23-21(26-10-7-20-18(3)15-17(2)16-19(20)4)27-11-13-28(14-12-27)22-24-8-6-9-25-22/h6,8-9,15-16H,5,7,10-14H2,1-4H3,(H,23,26). The maximum Gasteiger partial charge on any atom is 0.225 e. The van der Waals surface area contributed by atoms with Gasteiger partial charge in [0.15, 0.2) is 5.96 Å². The number of aliphatic imine (C=N–C) groups is 1. The SMILES string of the molecule is CCNC(=NCCc1c(C)cc(C)cc1C)N1CCN(c2ncccn2)CC1. The highest BCUT2D eigenvalue weighted by molar-refractivity contribution is 5.80. The first-order valence-electron chi connectivity index (χ1n) is 10.2. The molecule has 0 spiro atoms. The fraction of sp³-hybridized carbons (Fsp3) is 0.500. The van der Waals surface area contributed by atoms with Gasteiger partial charge in [-0.25, -0.2) is 9.97 Å². The van der Waals surface area contributed by atoms with Crippen molar-refractivity contribution in [1.29, 1.82) is 0 Å². The van der Waals surface area contributed by atoms with Gasteiger partial charge in [0.2, 0.25) is 5.95 Å². The predicted molar refractivity (Wildman–Crippen MR) is 116 cm³/mol. The van der Waals surface area contributed by atoms with E-state index in [4.69, 9.17) is 4.99 Å². The van der Waals surface area contributed by atoms with E-state index in [-0.39, 0.29) is 0 Å². The van der Waals surface area contributed by atoms with E-state index in [0.717, 1.165) is 57.6 Å². The highest BCUT2D eigenvalue weighted by Gasteiger charge is 2.21. The van der Waals surface area contributed by atoms with Crippen LogP contribution in [0.15, 0.2) is 35.6 Å². The predicted octanol–water partition coefficient (Wildman–Crippen LogP) is 2.73. The average molecular weight is 381 g/mol. The number of anilines is 1. The Hall–Kier alpha value is -2.63. The number of rotatable bonds is 5. The molecule has 0 radical (unpaired) electrons. The molecule has 0 amide bonds. The minimum Gasteiger partial charge on any atom is -0.357 e. The lowest BCUT2D eigenvalue weighted by Crippen LogP contribution is -2.53. The summed E-state index contributed by atoms with van der Waals surface area (Å²) in [5.41, 5.74) is 5.50. The summed E-state index contributed by atoms with van der Waals surface area (Å²) in [5.74, 6) is 1.83. The molecule has 6 nitrogen and oxygen atoms in total. The largest absolute Gasteiger partial charge is 0.357 e. The number of aromatic nitrogens is 2. The number of guanidine groups is 1. The van der Waals surface area contributed by atoms with Crippen LogP contribution in [0.25, 0.3) is 0 Å². The monoisotopic (exact) mass is 380 g/mol. The smallest absolute Gasteiger partial charge is 0.225 e. The maximum absolute atomic E-state index is 4.92. The van der Waals surface area contributed by atoms with Gasteiger partial charge >= 0.3 is 0 Å². The van der Waals surface area contributed by atoms with Crippen molar-refractivity contribution in [3.8, 4) is 0 Å². The minimum absolute atomic E-state index is 0.801. The Labute approximate surface area is 168 Å². The number of nitrogens with zero attached hydrogens (tertiary/aromatic N) is 5. The summed E-state index contributed by atoms with van der Waals surface area (Å²) in [7, 11) is 0. The summed E-state index contributed by atoms with van der Waals surface area (Å²) >= 11 is 0. The average Bonchev–Trinajstić information content (AvgIpc) is 2.70. The highest BCUT2D eigenvalue weighted by atomic mass is 15.4. The molecule has 0 bridgehead atoms. The Morgan fingerprint density at radius 1 is 1.04 bits per heavy atom. The molecular formula is C22H32N6. The van der Waals surface area contributed by atoms with Gasteiger partial charge in [-0.05, 0) is 56.9 Å². The van der Waals surface area contributed by atoms with Crippen LogP contribution in [-0.2, 0) is 6.42 Å². The van der Waals surface area contributed by atoms with E-state index in [1.54, 1.807) is 12.4 Å². The second kappa shape index (κ2) is 9.53. The Bertz CT molecular complexity index is 771. The fourth-order valence-corrected chi connectivity index (χ4v) is 3.88. The van der Waals surface area contributed by atoms with Crippen molar-refractivity contribution < 1.29 is 0 Å². The second-order valence-electron chi connectivity index (χ2n) is 7.39. The number of nitrogens with one attached hydrogen (secondary N) is 1. The van der Waals surface area contributed by atoms with Crippen molar-refractivity contribution in [2.24, 2.45) is 4.99 Å². The van der Waals surface area contributed by atoms with Crippen LogP contribution < -0.4 is 10.2 Å². The Morgan fingerprint density at radius 2 is 1.68 bits per heavy atom. The molecule has 1 aromatic carbocycles. The van der Waals surface area contributed by atoms with E-state index in [9.17, 15) is 0 Å². The summed E-state index contributed by atoms with van der Waals surface area (Å²) in [6.07, 6.45) is 4.58. The molecule has 1 aliphatic heterocycles. The van der Waals surface area contributed by atoms with Crippen molar-refractivity contribution in [2.45, 2.75) is 34.1 Å². The van der Waals surface area contributed by atoms with Gasteiger partial charge in [-0.15, -0.1) is 0 Å². The molecule has 1 aromatic heterocycles. The van der Waals surface area contributed by atoms with Gasteiger partial charge in [0.05, 0.1) is 0 Å². The molecule has 0 saturated carbocycles. The lowest BCUT2D eigenvalue weighted by atomic mass is 9.97. The summed E-state index contributed by atoms with van der Waals surface area (Å²) < 4.78 is 0. The normalized spacial score (nSPS) is 15.1. The topological polar surface area (TPSA) is 56.7 Å². The van der Waals surface area contributed by atoms with Crippen LogP contribution in [0.2, 0.25) is 0 Å². The number of benzene rings is 1. The summed E-state index contributed by atoms with van der Waals surface area (Å²) in [4.78, 5) is 18.2. The van der Waals surface area contributed by atoms with Crippen LogP contribution >= 0.6 is 0 Å². The zero-order chi connectivity index (χ0) is 19.9. The minimum atomic E-state index is 0.801. The van der Waals surface area contributed by atoms with Crippen molar-refractivity contribution in [3.63, 3.8) is 0 Å². The maximum atomic E-state index is 4.92. The second-order valence-corrected chi connectivity index (χ2v) is 7.39. The highest BCUT2D eigenvalue weighted by Crippen LogP contribution is 2.17.